The molecule has 0 aliphatic carbocycles. The number of nitro benzene ring substituents is 1. The lowest BCUT2D eigenvalue weighted by molar-refractivity contribution is -0.385. The average Bonchev–Trinajstić information content (AvgIpc) is 2.37. The largest absolute Gasteiger partial charge is 0.353 e. The molecule has 0 radical (unpaired) electrons. The van der Waals surface area contributed by atoms with Crippen LogP contribution in [0.5, 0.6) is 0 Å². The Balaban J connectivity index is 2.74. The molecule has 6 heteroatoms. The highest BCUT2D eigenvalue weighted by Crippen LogP contribution is 2.19. The zero-order valence-electron chi connectivity index (χ0n) is 12.1. The van der Waals surface area contributed by atoms with Gasteiger partial charge in [-0.05, 0) is 20.4 Å². The number of nitro groups is 1. The first-order chi connectivity index (χ1) is 9.43. The number of rotatable bonds is 7. The summed E-state index contributed by atoms with van der Waals surface area (Å²) < 4.78 is 0. The summed E-state index contributed by atoms with van der Waals surface area (Å²) in [5.74, 6) is -0.0690. The molecule has 0 aliphatic rings. The van der Waals surface area contributed by atoms with Crippen molar-refractivity contribution in [3.05, 3.63) is 39.9 Å². The van der Waals surface area contributed by atoms with Crippen molar-refractivity contribution < 1.29 is 9.72 Å². The second kappa shape index (κ2) is 7.59. The van der Waals surface area contributed by atoms with Gasteiger partial charge in [0.1, 0.15) is 0 Å². The maximum atomic E-state index is 11.7. The van der Waals surface area contributed by atoms with E-state index in [4.69, 9.17) is 0 Å². The van der Waals surface area contributed by atoms with Crippen molar-refractivity contribution in [2.24, 2.45) is 0 Å². The second-order valence-corrected chi connectivity index (χ2v) is 4.91. The third kappa shape index (κ3) is 4.97. The molecule has 0 unspecified atom stereocenters. The fraction of sp³-hybridized carbons (Fsp3) is 0.500. The fourth-order valence-electron chi connectivity index (χ4n) is 1.91. The predicted molar refractivity (Wildman–Crippen MR) is 77.3 cm³/mol. The Morgan fingerprint density at radius 1 is 1.40 bits per heavy atom. The Hall–Kier alpha value is -1.95. The molecule has 1 N–H and O–H groups in total. The third-order valence-corrected chi connectivity index (χ3v) is 2.85. The highest BCUT2D eigenvalue weighted by Gasteiger charge is 2.16. The zero-order chi connectivity index (χ0) is 15.1. The van der Waals surface area contributed by atoms with Gasteiger partial charge in [-0.2, -0.15) is 0 Å². The maximum Gasteiger partial charge on any atom is 0.273 e. The van der Waals surface area contributed by atoms with Gasteiger partial charge in [-0.15, -0.1) is 0 Å². The van der Waals surface area contributed by atoms with Crippen LogP contribution in [0.25, 0.3) is 0 Å². The Bertz CT molecular complexity index is 474. The van der Waals surface area contributed by atoms with Gasteiger partial charge in [-0.1, -0.05) is 25.1 Å². The van der Waals surface area contributed by atoms with Gasteiger partial charge in [-0.3, -0.25) is 19.8 Å². The second-order valence-electron chi connectivity index (χ2n) is 4.91. The smallest absolute Gasteiger partial charge is 0.273 e. The van der Waals surface area contributed by atoms with Crippen LogP contribution in [-0.4, -0.2) is 34.9 Å². The minimum Gasteiger partial charge on any atom is -0.353 e. The fourth-order valence-corrected chi connectivity index (χ4v) is 1.91. The van der Waals surface area contributed by atoms with Gasteiger partial charge in [0.05, 0.1) is 11.5 Å². The highest BCUT2D eigenvalue weighted by molar-refractivity contribution is 5.78. The van der Waals surface area contributed by atoms with Crippen molar-refractivity contribution in [1.29, 1.82) is 0 Å². The van der Waals surface area contributed by atoms with Crippen LogP contribution in [0.3, 0.4) is 0 Å². The molecule has 1 aromatic carbocycles. The van der Waals surface area contributed by atoms with Crippen molar-refractivity contribution in [1.82, 2.24) is 10.2 Å². The Labute approximate surface area is 118 Å². The van der Waals surface area contributed by atoms with E-state index in [2.05, 4.69) is 5.32 Å². The van der Waals surface area contributed by atoms with Crippen LogP contribution >= 0.6 is 0 Å². The number of hydrogen-bond acceptors (Lipinski definition) is 4. The first kappa shape index (κ1) is 16.1. The van der Waals surface area contributed by atoms with Crippen LogP contribution < -0.4 is 5.32 Å². The van der Waals surface area contributed by atoms with Crippen LogP contribution in [0.2, 0.25) is 0 Å². The molecule has 6 nitrogen and oxygen atoms in total. The number of carbonyl (C=O) groups excluding carboxylic acids is 1. The number of amides is 1. The van der Waals surface area contributed by atoms with Gasteiger partial charge in [0.15, 0.2) is 0 Å². The monoisotopic (exact) mass is 279 g/mol. The standard InChI is InChI=1S/C14H21N3O3/c1-4-16(10-14(18)15-11(2)3)9-12-7-5-6-8-13(12)17(19)20/h5-8,11H,4,9-10H2,1-3H3,(H,15,18). The van der Waals surface area contributed by atoms with Crippen LogP contribution in [0.4, 0.5) is 5.69 Å². The van der Waals surface area contributed by atoms with Crippen molar-refractivity contribution >= 4 is 11.6 Å². The van der Waals surface area contributed by atoms with E-state index < -0.39 is 4.92 Å². The summed E-state index contributed by atoms with van der Waals surface area (Å²) in [5, 5.41) is 13.8. The van der Waals surface area contributed by atoms with Crippen molar-refractivity contribution in [2.75, 3.05) is 13.1 Å². The van der Waals surface area contributed by atoms with E-state index in [9.17, 15) is 14.9 Å². The van der Waals surface area contributed by atoms with E-state index >= 15 is 0 Å². The lowest BCUT2D eigenvalue weighted by atomic mass is 10.1. The summed E-state index contributed by atoms with van der Waals surface area (Å²) in [6, 6.07) is 6.71. The molecule has 110 valence electrons. The van der Waals surface area contributed by atoms with Crippen LogP contribution in [0.15, 0.2) is 24.3 Å². The first-order valence-corrected chi connectivity index (χ1v) is 6.68. The summed E-state index contributed by atoms with van der Waals surface area (Å²) in [4.78, 5) is 24.2. The Kier molecular flexibility index (Phi) is 6.11. The minimum absolute atomic E-state index is 0.0690. The number of nitrogens with zero attached hydrogens (tertiary/aromatic N) is 2. The highest BCUT2D eigenvalue weighted by atomic mass is 16.6. The van der Waals surface area contributed by atoms with E-state index in [0.717, 1.165) is 0 Å². The van der Waals surface area contributed by atoms with Crippen molar-refractivity contribution in [3.63, 3.8) is 0 Å². The van der Waals surface area contributed by atoms with E-state index in [-0.39, 0.29) is 24.2 Å². The number of benzene rings is 1. The van der Waals surface area contributed by atoms with Crippen LogP contribution in [0, 0.1) is 10.1 Å². The summed E-state index contributed by atoms with van der Waals surface area (Å²) in [6.07, 6.45) is 0. The SMILES string of the molecule is CCN(CC(=O)NC(C)C)Cc1ccccc1[N+](=O)[O-]. The number of likely N-dealkylation sites (N-methyl/N-ethyl adjacent to an activating group) is 1. The Morgan fingerprint density at radius 3 is 2.60 bits per heavy atom. The molecule has 0 atom stereocenters. The lowest BCUT2D eigenvalue weighted by Crippen LogP contribution is -2.39. The van der Waals surface area contributed by atoms with E-state index in [1.165, 1.54) is 6.07 Å². The van der Waals surface area contributed by atoms with Gasteiger partial charge >= 0.3 is 0 Å². The lowest BCUT2D eigenvalue weighted by Gasteiger charge is -2.20. The topological polar surface area (TPSA) is 75.5 Å². The molecule has 0 bridgehead atoms. The number of hydrogen-bond donors (Lipinski definition) is 1. The molecule has 0 heterocycles. The van der Waals surface area contributed by atoms with Gasteiger partial charge in [0.2, 0.25) is 5.91 Å². The molecule has 0 fully saturated rings. The average molecular weight is 279 g/mol. The molecule has 0 aromatic heterocycles. The number of nitrogens with one attached hydrogen (secondary N) is 1. The summed E-state index contributed by atoms with van der Waals surface area (Å²) >= 11 is 0. The Morgan fingerprint density at radius 2 is 2.05 bits per heavy atom. The summed E-state index contributed by atoms with van der Waals surface area (Å²) in [7, 11) is 0. The minimum atomic E-state index is -0.392. The molecule has 0 spiro atoms. The van der Waals surface area contributed by atoms with Gasteiger partial charge in [0, 0.05) is 24.2 Å². The quantitative estimate of drug-likeness (QED) is 0.611. The molecule has 0 aliphatic heterocycles. The van der Waals surface area contributed by atoms with Gasteiger partial charge in [-0.25, -0.2) is 0 Å². The van der Waals surface area contributed by atoms with E-state index in [0.29, 0.717) is 18.7 Å². The maximum absolute atomic E-state index is 11.7. The molecule has 20 heavy (non-hydrogen) atoms. The van der Waals surface area contributed by atoms with E-state index in [1.807, 2.05) is 25.7 Å². The molecule has 0 saturated heterocycles. The molecular weight excluding hydrogens is 258 g/mol. The van der Waals surface area contributed by atoms with Crippen molar-refractivity contribution in [3.8, 4) is 0 Å². The zero-order valence-corrected chi connectivity index (χ0v) is 12.1. The number of para-hydroxylation sites is 1. The van der Waals surface area contributed by atoms with Crippen LogP contribution in [-0.2, 0) is 11.3 Å². The molecule has 1 aromatic rings. The van der Waals surface area contributed by atoms with Gasteiger partial charge < -0.3 is 5.32 Å². The summed E-state index contributed by atoms with van der Waals surface area (Å²) in [6.45, 7) is 7.00. The number of carbonyl (C=O) groups is 1. The van der Waals surface area contributed by atoms with Crippen molar-refractivity contribution in [2.45, 2.75) is 33.4 Å². The molecule has 0 saturated carbocycles. The van der Waals surface area contributed by atoms with E-state index in [1.54, 1.807) is 18.2 Å². The molecular formula is C14H21N3O3. The first-order valence-electron chi connectivity index (χ1n) is 6.68. The molecule has 1 rings (SSSR count). The normalized spacial score (nSPS) is 10.8. The van der Waals surface area contributed by atoms with Crippen LogP contribution in [0.1, 0.15) is 26.3 Å². The third-order valence-electron chi connectivity index (χ3n) is 2.85. The predicted octanol–water partition coefficient (Wildman–Crippen LogP) is 1.94. The summed E-state index contributed by atoms with van der Waals surface area (Å²) in [5.41, 5.74) is 0.715. The molecule has 1 amide bonds. The van der Waals surface area contributed by atoms with Gasteiger partial charge in [0.25, 0.3) is 5.69 Å².